The number of nitrogens with two attached hydrogens (primary N) is 1. The van der Waals surface area contributed by atoms with Crippen LogP contribution in [0.1, 0.15) is 30.5 Å². The maximum absolute atomic E-state index is 11.1. The molecular formula is C20H22ClN3O. The van der Waals surface area contributed by atoms with E-state index in [4.69, 9.17) is 17.3 Å². The number of nitrogens with one attached hydrogen (secondary N) is 1. The normalized spacial score (nSPS) is 12.4. The van der Waals surface area contributed by atoms with Gasteiger partial charge in [0.1, 0.15) is 0 Å². The van der Waals surface area contributed by atoms with E-state index in [9.17, 15) is 4.79 Å². The Morgan fingerprint density at radius 2 is 1.92 bits per heavy atom. The molecule has 1 unspecified atom stereocenters. The number of carbonyl (C=O) groups excluding carboxylic acids is 1. The average molecular weight is 356 g/mol. The molecule has 3 rings (SSSR count). The molecule has 0 aliphatic heterocycles. The first-order valence-electron chi connectivity index (χ1n) is 8.38. The summed E-state index contributed by atoms with van der Waals surface area (Å²) < 4.78 is 2.10. The van der Waals surface area contributed by atoms with Gasteiger partial charge in [-0.1, -0.05) is 41.9 Å². The fourth-order valence-electron chi connectivity index (χ4n) is 3.01. The van der Waals surface area contributed by atoms with Crippen LogP contribution in [0.3, 0.4) is 0 Å². The van der Waals surface area contributed by atoms with E-state index in [-0.39, 0.29) is 11.9 Å². The van der Waals surface area contributed by atoms with Gasteiger partial charge in [-0.2, -0.15) is 0 Å². The Balaban J connectivity index is 1.76. The van der Waals surface area contributed by atoms with E-state index in [1.54, 1.807) is 0 Å². The van der Waals surface area contributed by atoms with Crippen molar-refractivity contribution in [3.63, 3.8) is 0 Å². The molecule has 5 heteroatoms. The van der Waals surface area contributed by atoms with Crippen LogP contribution in [0.4, 0.5) is 0 Å². The zero-order valence-corrected chi connectivity index (χ0v) is 15.0. The standard InChI is InChI=1S/C20H22ClN3O/c1-14(15-6-8-17(21)9-7-15)23-12-16-13-24(11-10-20(22)25)19-5-3-2-4-18(16)19/h2-9,13-14,23H,10-12H2,1H3,(H2,22,25). The SMILES string of the molecule is CC(NCc1cn(CCC(N)=O)c2ccccc12)c1ccc(Cl)cc1. The summed E-state index contributed by atoms with van der Waals surface area (Å²) >= 11 is 5.95. The molecule has 1 amide bonds. The summed E-state index contributed by atoms with van der Waals surface area (Å²) in [4.78, 5) is 11.1. The molecule has 130 valence electrons. The van der Waals surface area contributed by atoms with Crippen LogP contribution in [0.5, 0.6) is 0 Å². The Labute approximate surface area is 152 Å². The number of rotatable bonds is 7. The average Bonchev–Trinajstić information content (AvgIpc) is 2.96. The highest BCUT2D eigenvalue weighted by atomic mass is 35.5. The summed E-state index contributed by atoms with van der Waals surface area (Å²) in [6.07, 6.45) is 2.45. The molecule has 0 saturated carbocycles. The number of carbonyl (C=O) groups is 1. The van der Waals surface area contributed by atoms with Gasteiger partial charge in [0.25, 0.3) is 0 Å². The van der Waals surface area contributed by atoms with Gasteiger partial charge >= 0.3 is 0 Å². The highest BCUT2D eigenvalue weighted by Crippen LogP contribution is 2.23. The smallest absolute Gasteiger partial charge is 0.219 e. The van der Waals surface area contributed by atoms with E-state index in [0.717, 1.165) is 17.1 Å². The molecule has 0 spiro atoms. The van der Waals surface area contributed by atoms with Crippen molar-refractivity contribution in [2.24, 2.45) is 5.73 Å². The second kappa shape index (κ2) is 7.72. The van der Waals surface area contributed by atoms with Crippen molar-refractivity contribution in [2.75, 3.05) is 0 Å². The third-order valence-corrected chi connectivity index (χ3v) is 4.69. The Bertz CT molecular complexity index is 870. The molecule has 0 aliphatic carbocycles. The van der Waals surface area contributed by atoms with Gasteiger partial charge in [-0.25, -0.2) is 0 Å². The molecular weight excluding hydrogens is 334 g/mol. The summed E-state index contributed by atoms with van der Waals surface area (Å²) in [6, 6.07) is 16.3. The fraction of sp³-hybridized carbons (Fsp3) is 0.250. The van der Waals surface area contributed by atoms with Crippen molar-refractivity contribution in [2.45, 2.75) is 32.5 Å². The van der Waals surface area contributed by atoms with E-state index in [1.165, 1.54) is 16.5 Å². The Morgan fingerprint density at radius 3 is 2.64 bits per heavy atom. The van der Waals surface area contributed by atoms with E-state index >= 15 is 0 Å². The monoisotopic (exact) mass is 355 g/mol. The van der Waals surface area contributed by atoms with Gasteiger partial charge in [0, 0.05) is 47.7 Å². The van der Waals surface area contributed by atoms with Crippen molar-refractivity contribution >= 4 is 28.4 Å². The molecule has 0 radical (unpaired) electrons. The predicted molar refractivity (Wildman–Crippen MR) is 102 cm³/mol. The lowest BCUT2D eigenvalue weighted by molar-refractivity contribution is -0.118. The first-order valence-corrected chi connectivity index (χ1v) is 8.76. The van der Waals surface area contributed by atoms with Gasteiger partial charge in [0.05, 0.1) is 0 Å². The molecule has 3 aromatic rings. The highest BCUT2D eigenvalue weighted by Gasteiger charge is 2.11. The lowest BCUT2D eigenvalue weighted by atomic mass is 10.1. The summed E-state index contributed by atoms with van der Waals surface area (Å²) in [5, 5.41) is 5.50. The minimum Gasteiger partial charge on any atom is -0.370 e. The fourth-order valence-corrected chi connectivity index (χ4v) is 3.14. The molecule has 1 aromatic heterocycles. The van der Waals surface area contributed by atoms with Crippen LogP contribution in [-0.4, -0.2) is 10.5 Å². The van der Waals surface area contributed by atoms with Gasteiger partial charge in [-0.3, -0.25) is 4.79 Å². The Morgan fingerprint density at radius 1 is 1.20 bits per heavy atom. The molecule has 3 N–H and O–H groups in total. The lowest BCUT2D eigenvalue weighted by Crippen LogP contribution is -2.18. The molecule has 1 heterocycles. The van der Waals surface area contributed by atoms with E-state index < -0.39 is 0 Å². The largest absolute Gasteiger partial charge is 0.370 e. The number of hydrogen-bond donors (Lipinski definition) is 2. The van der Waals surface area contributed by atoms with Gasteiger partial charge < -0.3 is 15.6 Å². The second-order valence-corrected chi connectivity index (χ2v) is 6.67. The topological polar surface area (TPSA) is 60.1 Å². The number of hydrogen-bond acceptors (Lipinski definition) is 2. The Kier molecular flexibility index (Phi) is 5.41. The molecule has 25 heavy (non-hydrogen) atoms. The van der Waals surface area contributed by atoms with Crippen LogP contribution in [0.2, 0.25) is 5.02 Å². The van der Waals surface area contributed by atoms with Crippen LogP contribution in [0.15, 0.2) is 54.7 Å². The molecule has 2 aromatic carbocycles. The Hall–Kier alpha value is -2.30. The van der Waals surface area contributed by atoms with Crippen LogP contribution in [0.25, 0.3) is 10.9 Å². The summed E-state index contributed by atoms with van der Waals surface area (Å²) in [7, 11) is 0. The predicted octanol–water partition coefficient (Wildman–Crippen LogP) is 4.02. The second-order valence-electron chi connectivity index (χ2n) is 6.24. The van der Waals surface area contributed by atoms with Crippen molar-refractivity contribution in [1.82, 2.24) is 9.88 Å². The van der Waals surface area contributed by atoms with Gasteiger partial charge in [0.2, 0.25) is 5.91 Å². The minimum absolute atomic E-state index is 0.213. The number of amides is 1. The summed E-state index contributed by atoms with van der Waals surface area (Å²) in [5.41, 5.74) is 8.82. The quantitative estimate of drug-likeness (QED) is 0.672. The maximum atomic E-state index is 11.1. The highest BCUT2D eigenvalue weighted by molar-refractivity contribution is 6.30. The molecule has 4 nitrogen and oxygen atoms in total. The number of nitrogens with zero attached hydrogens (tertiary/aromatic N) is 1. The van der Waals surface area contributed by atoms with Crippen LogP contribution in [-0.2, 0) is 17.9 Å². The molecule has 0 aliphatic rings. The summed E-state index contributed by atoms with van der Waals surface area (Å²) in [5.74, 6) is -0.284. The minimum atomic E-state index is -0.284. The first-order chi connectivity index (χ1) is 12.0. The van der Waals surface area contributed by atoms with Crippen molar-refractivity contribution in [3.05, 3.63) is 70.9 Å². The van der Waals surface area contributed by atoms with E-state index in [2.05, 4.69) is 35.1 Å². The van der Waals surface area contributed by atoms with Crippen molar-refractivity contribution < 1.29 is 4.79 Å². The third-order valence-electron chi connectivity index (χ3n) is 4.44. The number of benzene rings is 2. The third kappa shape index (κ3) is 4.21. The van der Waals surface area contributed by atoms with E-state index in [0.29, 0.717) is 13.0 Å². The first kappa shape index (κ1) is 17.5. The number of aromatic nitrogens is 1. The van der Waals surface area contributed by atoms with Gasteiger partial charge in [-0.05, 0) is 36.2 Å². The van der Waals surface area contributed by atoms with Crippen LogP contribution < -0.4 is 11.1 Å². The number of primary amides is 1. The molecule has 1 atom stereocenters. The number of halogens is 1. The molecule has 0 fully saturated rings. The molecule has 0 bridgehead atoms. The van der Waals surface area contributed by atoms with E-state index in [1.807, 2.05) is 36.4 Å². The van der Waals surface area contributed by atoms with Gasteiger partial charge in [-0.15, -0.1) is 0 Å². The van der Waals surface area contributed by atoms with Gasteiger partial charge in [0.15, 0.2) is 0 Å². The number of para-hydroxylation sites is 1. The number of fused-ring (bicyclic) bond motifs is 1. The number of aryl methyl sites for hydroxylation is 1. The zero-order chi connectivity index (χ0) is 17.8. The molecule has 0 saturated heterocycles. The maximum Gasteiger partial charge on any atom is 0.219 e. The lowest BCUT2D eigenvalue weighted by Gasteiger charge is -2.14. The van der Waals surface area contributed by atoms with Crippen LogP contribution in [0, 0.1) is 0 Å². The van der Waals surface area contributed by atoms with Crippen molar-refractivity contribution in [3.8, 4) is 0 Å². The van der Waals surface area contributed by atoms with Crippen LogP contribution >= 0.6 is 11.6 Å². The zero-order valence-electron chi connectivity index (χ0n) is 14.2. The summed E-state index contributed by atoms with van der Waals surface area (Å²) in [6.45, 7) is 3.48. The van der Waals surface area contributed by atoms with Crippen molar-refractivity contribution in [1.29, 1.82) is 0 Å².